The van der Waals surface area contributed by atoms with Crippen LogP contribution in [0.15, 0.2) is 12.4 Å². The quantitative estimate of drug-likeness (QED) is 0.698. The van der Waals surface area contributed by atoms with Gasteiger partial charge in [-0.25, -0.2) is 0 Å². The summed E-state index contributed by atoms with van der Waals surface area (Å²) in [6.45, 7) is 2.77. The lowest BCUT2D eigenvalue weighted by atomic mass is 10.3. The molecule has 0 fully saturated rings. The van der Waals surface area contributed by atoms with Gasteiger partial charge in [0.15, 0.2) is 5.75 Å². The zero-order valence-corrected chi connectivity index (χ0v) is 8.59. The van der Waals surface area contributed by atoms with Crippen molar-refractivity contribution in [1.82, 2.24) is 9.78 Å². The number of nitrogens with zero attached hydrogens (tertiary/aromatic N) is 2. The summed E-state index contributed by atoms with van der Waals surface area (Å²) >= 11 is 0. The number of rotatable bonds is 6. The minimum Gasteiger partial charge on any atom is -0.490 e. The molecule has 0 amide bonds. The molecule has 1 atom stereocenters. The molecule has 1 unspecified atom stereocenters. The Bertz CT molecular complexity index is 324. The molecule has 0 aliphatic carbocycles. The Morgan fingerprint density at radius 3 is 3.13 bits per heavy atom. The second-order valence-corrected chi connectivity index (χ2v) is 3.19. The van der Waals surface area contributed by atoms with Crippen LogP contribution < -0.4 is 10.5 Å². The third kappa shape index (κ3) is 3.59. The summed E-state index contributed by atoms with van der Waals surface area (Å²) in [5.41, 5.74) is 5.36. The summed E-state index contributed by atoms with van der Waals surface area (Å²) in [5, 5.41) is 12.5. The average molecular weight is 213 g/mol. The maximum atomic E-state index is 10.5. The van der Waals surface area contributed by atoms with Crippen LogP contribution in [0.1, 0.15) is 13.3 Å². The van der Waals surface area contributed by atoms with Gasteiger partial charge in [0.05, 0.1) is 25.5 Å². The molecule has 84 valence electrons. The van der Waals surface area contributed by atoms with E-state index in [9.17, 15) is 4.79 Å². The molecular weight excluding hydrogens is 198 g/mol. The van der Waals surface area contributed by atoms with Crippen LogP contribution in [0.3, 0.4) is 0 Å². The number of carboxylic acid groups (broad SMARTS) is 1. The number of carboxylic acids is 1. The van der Waals surface area contributed by atoms with E-state index in [1.807, 2.05) is 6.92 Å². The van der Waals surface area contributed by atoms with E-state index in [-0.39, 0.29) is 6.54 Å². The monoisotopic (exact) mass is 213 g/mol. The van der Waals surface area contributed by atoms with Gasteiger partial charge >= 0.3 is 5.97 Å². The van der Waals surface area contributed by atoms with Crippen molar-refractivity contribution >= 4 is 5.97 Å². The first kappa shape index (κ1) is 11.5. The van der Waals surface area contributed by atoms with Crippen LogP contribution in [0.25, 0.3) is 0 Å². The predicted molar refractivity (Wildman–Crippen MR) is 53.6 cm³/mol. The van der Waals surface area contributed by atoms with Crippen molar-refractivity contribution in [3.05, 3.63) is 12.4 Å². The van der Waals surface area contributed by atoms with Gasteiger partial charge in [0, 0.05) is 0 Å². The SMILES string of the molecule is CCCOc1cnn(CC(N)C(=O)O)c1. The zero-order valence-electron chi connectivity index (χ0n) is 8.59. The second-order valence-electron chi connectivity index (χ2n) is 3.19. The lowest BCUT2D eigenvalue weighted by molar-refractivity contribution is -0.138. The fraction of sp³-hybridized carbons (Fsp3) is 0.556. The number of hydrogen-bond donors (Lipinski definition) is 2. The van der Waals surface area contributed by atoms with E-state index in [0.717, 1.165) is 6.42 Å². The fourth-order valence-electron chi connectivity index (χ4n) is 1.02. The molecule has 3 N–H and O–H groups in total. The van der Waals surface area contributed by atoms with Crippen LogP contribution >= 0.6 is 0 Å². The highest BCUT2D eigenvalue weighted by Gasteiger charge is 2.12. The summed E-state index contributed by atoms with van der Waals surface area (Å²) in [7, 11) is 0. The van der Waals surface area contributed by atoms with E-state index in [0.29, 0.717) is 12.4 Å². The van der Waals surface area contributed by atoms with Crippen molar-refractivity contribution in [2.45, 2.75) is 25.9 Å². The van der Waals surface area contributed by atoms with Gasteiger partial charge in [-0.3, -0.25) is 9.48 Å². The van der Waals surface area contributed by atoms with E-state index in [1.54, 1.807) is 12.4 Å². The van der Waals surface area contributed by atoms with E-state index >= 15 is 0 Å². The first-order chi connectivity index (χ1) is 7.13. The van der Waals surface area contributed by atoms with Crippen molar-refractivity contribution in [2.24, 2.45) is 5.73 Å². The molecule has 6 heteroatoms. The number of carbonyl (C=O) groups is 1. The molecule has 1 aromatic rings. The lowest BCUT2D eigenvalue weighted by Gasteiger charge is -2.05. The Morgan fingerprint density at radius 2 is 2.53 bits per heavy atom. The van der Waals surface area contributed by atoms with Gasteiger partial charge < -0.3 is 15.6 Å². The van der Waals surface area contributed by atoms with Crippen molar-refractivity contribution in [3.8, 4) is 5.75 Å². The second kappa shape index (κ2) is 5.35. The van der Waals surface area contributed by atoms with Crippen LogP contribution in [0.2, 0.25) is 0 Å². The van der Waals surface area contributed by atoms with Gasteiger partial charge in [0.25, 0.3) is 0 Å². The molecule has 0 saturated carbocycles. The van der Waals surface area contributed by atoms with Crippen LogP contribution in [-0.4, -0.2) is 33.5 Å². The molecule has 0 saturated heterocycles. The first-order valence-electron chi connectivity index (χ1n) is 4.77. The molecule has 1 heterocycles. The van der Waals surface area contributed by atoms with Crippen LogP contribution in [0.4, 0.5) is 0 Å². The molecule has 0 bridgehead atoms. The summed E-state index contributed by atoms with van der Waals surface area (Å²) in [4.78, 5) is 10.5. The normalized spacial score (nSPS) is 12.4. The van der Waals surface area contributed by atoms with E-state index in [1.165, 1.54) is 4.68 Å². The summed E-state index contributed by atoms with van der Waals surface area (Å²) in [6, 6.07) is -0.941. The summed E-state index contributed by atoms with van der Waals surface area (Å²) in [6.07, 6.45) is 4.10. The van der Waals surface area contributed by atoms with Crippen molar-refractivity contribution in [3.63, 3.8) is 0 Å². The Morgan fingerprint density at radius 1 is 1.80 bits per heavy atom. The standard InChI is InChI=1S/C9H15N3O3/c1-2-3-15-7-4-11-12(5-7)6-8(10)9(13)14/h4-5,8H,2-3,6,10H2,1H3,(H,13,14). The van der Waals surface area contributed by atoms with E-state index in [2.05, 4.69) is 5.10 Å². The molecule has 15 heavy (non-hydrogen) atoms. The highest BCUT2D eigenvalue weighted by atomic mass is 16.5. The summed E-state index contributed by atoms with van der Waals surface area (Å²) in [5.74, 6) is -0.407. The van der Waals surface area contributed by atoms with Gasteiger partial charge in [0.1, 0.15) is 6.04 Å². The van der Waals surface area contributed by atoms with Crippen molar-refractivity contribution < 1.29 is 14.6 Å². The maximum absolute atomic E-state index is 10.5. The maximum Gasteiger partial charge on any atom is 0.322 e. The van der Waals surface area contributed by atoms with Crippen LogP contribution in [0, 0.1) is 0 Å². The molecule has 1 aromatic heterocycles. The Kier molecular flexibility index (Phi) is 4.11. The Balaban J connectivity index is 2.49. The van der Waals surface area contributed by atoms with Crippen molar-refractivity contribution in [1.29, 1.82) is 0 Å². The lowest BCUT2D eigenvalue weighted by Crippen LogP contribution is -2.34. The molecule has 0 radical (unpaired) electrons. The van der Waals surface area contributed by atoms with Gasteiger partial charge in [-0.05, 0) is 6.42 Å². The number of ether oxygens (including phenoxy) is 1. The molecule has 0 aliphatic rings. The van der Waals surface area contributed by atoms with E-state index in [4.69, 9.17) is 15.6 Å². The third-order valence-corrected chi connectivity index (χ3v) is 1.78. The van der Waals surface area contributed by atoms with Crippen LogP contribution in [-0.2, 0) is 11.3 Å². The third-order valence-electron chi connectivity index (χ3n) is 1.78. The topological polar surface area (TPSA) is 90.4 Å². The zero-order chi connectivity index (χ0) is 11.3. The summed E-state index contributed by atoms with van der Waals surface area (Å²) < 4.78 is 6.77. The smallest absolute Gasteiger partial charge is 0.322 e. The molecular formula is C9H15N3O3. The number of aliphatic carboxylic acids is 1. The Hall–Kier alpha value is -1.56. The van der Waals surface area contributed by atoms with Crippen molar-refractivity contribution in [2.75, 3.05) is 6.61 Å². The average Bonchev–Trinajstić information content (AvgIpc) is 2.62. The first-order valence-corrected chi connectivity index (χ1v) is 4.77. The Labute approximate surface area is 87.6 Å². The van der Waals surface area contributed by atoms with Gasteiger partial charge in [-0.15, -0.1) is 0 Å². The van der Waals surface area contributed by atoms with E-state index < -0.39 is 12.0 Å². The number of nitrogens with two attached hydrogens (primary N) is 1. The van der Waals surface area contributed by atoms with Crippen LogP contribution in [0.5, 0.6) is 5.75 Å². The van der Waals surface area contributed by atoms with Gasteiger partial charge in [-0.2, -0.15) is 5.10 Å². The van der Waals surface area contributed by atoms with Gasteiger partial charge in [0.2, 0.25) is 0 Å². The minimum absolute atomic E-state index is 0.144. The molecule has 1 rings (SSSR count). The minimum atomic E-state index is -1.04. The highest BCUT2D eigenvalue weighted by Crippen LogP contribution is 2.08. The molecule has 0 aromatic carbocycles. The molecule has 6 nitrogen and oxygen atoms in total. The van der Waals surface area contributed by atoms with Gasteiger partial charge in [-0.1, -0.05) is 6.92 Å². The molecule has 0 spiro atoms. The molecule has 0 aliphatic heterocycles. The highest BCUT2D eigenvalue weighted by molar-refractivity contribution is 5.72. The number of hydrogen-bond acceptors (Lipinski definition) is 4. The largest absolute Gasteiger partial charge is 0.490 e. The fourth-order valence-corrected chi connectivity index (χ4v) is 1.02. The predicted octanol–water partition coefficient (Wildman–Crippen LogP) is 0.0838. The number of aromatic nitrogens is 2.